The Hall–Kier alpha value is -1.83. The lowest BCUT2D eigenvalue weighted by atomic mass is 9.94. The van der Waals surface area contributed by atoms with Gasteiger partial charge in [0.05, 0.1) is 5.41 Å². The van der Waals surface area contributed by atoms with Crippen LogP contribution in [0.4, 0.5) is 0 Å². The molecule has 3 aromatic rings. The Balaban J connectivity index is 1.76. The topological polar surface area (TPSA) is 144 Å². The van der Waals surface area contributed by atoms with Crippen LogP contribution in [0.15, 0.2) is 0 Å². The molecule has 3 aromatic heterocycles. The van der Waals surface area contributed by atoms with Crippen LogP contribution in [-0.2, 0) is 0 Å². The summed E-state index contributed by atoms with van der Waals surface area (Å²) in [4.78, 5) is 34.0. The van der Waals surface area contributed by atoms with Crippen molar-refractivity contribution in [2.45, 2.75) is 6.92 Å². The minimum Gasteiger partial charge on any atom is -0.462 e. The molecule has 0 radical (unpaired) electrons. The molecule has 0 N–H and O–H groups in total. The summed E-state index contributed by atoms with van der Waals surface area (Å²) in [5.74, 6) is 0. The number of ether oxygens (including phenoxy) is 3. The molecule has 0 aromatic carbocycles. The van der Waals surface area contributed by atoms with Crippen molar-refractivity contribution in [3.63, 3.8) is 0 Å². The number of hydrogen-bond donors (Lipinski definition) is 0. The highest BCUT2D eigenvalue weighted by molar-refractivity contribution is 6.31. The molecule has 0 spiro atoms. The van der Waals surface area contributed by atoms with Crippen LogP contribution in [-0.4, -0.2) is 64.7 Å². The number of halogens is 6. The van der Waals surface area contributed by atoms with Crippen LogP contribution < -0.4 is 14.2 Å². The first-order chi connectivity index (χ1) is 15.1. The van der Waals surface area contributed by atoms with Gasteiger partial charge in [-0.2, -0.15) is 44.9 Å². The molecule has 0 atom stereocenters. The molecule has 0 aliphatic heterocycles. The highest BCUT2D eigenvalue weighted by atomic mass is 35.5. The predicted molar refractivity (Wildman–Crippen MR) is 114 cm³/mol. The molecule has 0 fully saturated rings. The first kappa shape index (κ1) is 24.8. The van der Waals surface area contributed by atoms with Crippen molar-refractivity contribution in [2.24, 2.45) is 5.41 Å². The minimum atomic E-state index is -0.900. The zero-order valence-corrected chi connectivity index (χ0v) is 20.2. The zero-order valence-electron chi connectivity index (χ0n) is 15.6. The summed E-state index contributed by atoms with van der Waals surface area (Å²) in [5.41, 5.74) is -0.900. The smallest absolute Gasteiger partial charge is 0.322 e. The molecule has 0 saturated carbocycles. The van der Waals surface area contributed by atoms with E-state index >= 15 is 0 Å². The zero-order chi connectivity index (χ0) is 23.3. The van der Waals surface area contributed by atoms with Crippen molar-refractivity contribution in [3.05, 3.63) is 31.7 Å². The molecule has 0 amide bonds. The highest BCUT2D eigenvalue weighted by Crippen LogP contribution is 2.23. The van der Waals surface area contributed by atoms with E-state index in [9.17, 15) is 0 Å². The molecule has 170 valence electrons. The molecule has 3 heterocycles. The fourth-order valence-electron chi connectivity index (χ4n) is 1.96. The minimum absolute atomic E-state index is 0.0528. The molecule has 0 unspecified atom stereocenters. The van der Waals surface area contributed by atoms with E-state index in [1.165, 1.54) is 0 Å². The predicted octanol–water partition coefficient (Wildman–Crippen LogP) is 3.71. The van der Waals surface area contributed by atoms with E-state index < -0.39 is 5.41 Å². The quantitative estimate of drug-likeness (QED) is 0.374. The van der Waals surface area contributed by atoms with Gasteiger partial charge in [0.2, 0.25) is 31.7 Å². The van der Waals surface area contributed by atoms with Gasteiger partial charge >= 0.3 is 18.0 Å². The van der Waals surface area contributed by atoms with Crippen LogP contribution in [0, 0.1) is 5.41 Å². The van der Waals surface area contributed by atoms with Crippen molar-refractivity contribution in [1.29, 1.82) is 0 Å². The van der Waals surface area contributed by atoms with E-state index in [-0.39, 0.29) is 69.6 Å². The Bertz CT molecular complexity index is 916. The maximum atomic E-state index is 5.77. The van der Waals surface area contributed by atoms with Crippen molar-refractivity contribution in [3.8, 4) is 18.0 Å². The lowest BCUT2D eigenvalue weighted by Crippen LogP contribution is -2.38. The molecule has 3 rings (SSSR count). The summed E-state index contributed by atoms with van der Waals surface area (Å²) >= 11 is 34.6. The molecule has 0 aliphatic carbocycles. The summed E-state index contributed by atoms with van der Waals surface area (Å²) in [7, 11) is 0. The Morgan fingerprint density at radius 1 is 0.469 bits per heavy atom. The average molecular weight is 564 g/mol. The van der Waals surface area contributed by atoms with Crippen molar-refractivity contribution >= 4 is 69.6 Å². The molecule has 0 saturated heterocycles. The Kier molecular flexibility index (Phi) is 8.42. The fraction of sp³-hybridized carbons (Fsp3) is 0.357. The van der Waals surface area contributed by atoms with Gasteiger partial charge in [0.1, 0.15) is 19.8 Å². The standard InChI is InChI=1S/C14H9Cl6N9O3/c1-14(2-30-11-24-5(15)21-6(16)25-11,3-31-12-26-7(17)22-8(18)27-12)4-32-13-28-9(19)23-10(20)29-13/h2-4H2,1H3. The monoisotopic (exact) mass is 561 g/mol. The van der Waals surface area contributed by atoms with Crippen LogP contribution in [0.3, 0.4) is 0 Å². The van der Waals surface area contributed by atoms with E-state index in [4.69, 9.17) is 83.8 Å². The van der Waals surface area contributed by atoms with E-state index in [0.29, 0.717) is 0 Å². The van der Waals surface area contributed by atoms with Crippen LogP contribution in [0.2, 0.25) is 31.7 Å². The molecule has 12 nitrogen and oxygen atoms in total. The van der Waals surface area contributed by atoms with Gasteiger partial charge in [-0.1, -0.05) is 0 Å². The van der Waals surface area contributed by atoms with E-state index in [2.05, 4.69) is 44.9 Å². The number of hydrogen-bond acceptors (Lipinski definition) is 12. The summed E-state index contributed by atoms with van der Waals surface area (Å²) in [6.07, 6.45) is 0. The van der Waals surface area contributed by atoms with Crippen LogP contribution in [0.5, 0.6) is 18.0 Å². The lowest BCUT2D eigenvalue weighted by Gasteiger charge is -2.27. The van der Waals surface area contributed by atoms with E-state index in [1.54, 1.807) is 6.92 Å². The third kappa shape index (κ3) is 7.64. The Morgan fingerprint density at radius 2 is 0.688 bits per heavy atom. The van der Waals surface area contributed by atoms with Gasteiger partial charge in [0.25, 0.3) is 0 Å². The Labute approximate surface area is 210 Å². The molecule has 32 heavy (non-hydrogen) atoms. The van der Waals surface area contributed by atoms with Crippen molar-refractivity contribution in [1.82, 2.24) is 44.9 Å². The van der Waals surface area contributed by atoms with E-state index in [0.717, 1.165) is 0 Å². The summed E-state index contributed by atoms with van der Waals surface area (Å²) in [5, 5.41) is -0.844. The van der Waals surface area contributed by atoms with Crippen LogP contribution >= 0.6 is 69.6 Å². The fourth-order valence-corrected chi connectivity index (χ4v) is 3.01. The normalized spacial score (nSPS) is 11.3. The maximum Gasteiger partial charge on any atom is 0.322 e. The second kappa shape index (κ2) is 10.9. The van der Waals surface area contributed by atoms with Gasteiger partial charge in [-0.15, -0.1) is 0 Å². The highest BCUT2D eigenvalue weighted by Gasteiger charge is 2.30. The Morgan fingerprint density at radius 3 is 0.906 bits per heavy atom. The number of rotatable bonds is 9. The lowest BCUT2D eigenvalue weighted by molar-refractivity contribution is 0.0371. The molecular formula is C14H9Cl6N9O3. The number of aromatic nitrogens is 9. The second-order valence-electron chi connectivity index (χ2n) is 6.14. The van der Waals surface area contributed by atoms with Gasteiger partial charge in [0.15, 0.2) is 0 Å². The average Bonchev–Trinajstić information content (AvgIpc) is 2.68. The molecule has 18 heteroatoms. The largest absolute Gasteiger partial charge is 0.462 e. The third-order valence-corrected chi connectivity index (χ3v) is 4.34. The van der Waals surface area contributed by atoms with Crippen molar-refractivity contribution in [2.75, 3.05) is 19.8 Å². The first-order valence-electron chi connectivity index (χ1n) is 8.20. The van der Waals surface area contributed by atoms with Gasteiger partial charge in [-0.3, -0.25) is 0 Å². The summed E-state index contributed by atoms with van der Waals surface area (Å²) in [6, 6.07) is -0.337. The third-order valence-electron chi connectivity index (χ3n) is 3.33. The van der Waals surface area contributed by atoms with Gasteiger partial charge in [0, 0.05) is 0 Å². The van der Waals surface area contributed by atoms with Gasteiger partial charge in [-0.05, 0) is 76.5 Å². The first-order valence-corrected chi connectivity index (χ1v) is 10.5. The van der Waals surface area contributed by atoms with E-state index in [1.807, 2.05) is 0 Å². The van der Waals surface area contributed by atoms with Crippen molar-refractivity contribution < 1.29 is 14.2 Å². The maximum absolute atomic E-state index is 5.77. The molecule has 0 aliphatic rings. The molecule has 0 bridgehead atoms. The number of nitrogens with zero attached hydrogens (tertiary/aromatic N) is 9. The molecular weight excluding hydrogens is 555 g/mol. The van der Waals surface area contributed by atoms with Gasteiger partial charge < -0.3 is 14.2 Å². The second-order valence-corrected chi connectivity index (χ2v) is 8.17. The van der Waals surface area contributed by atoms with Crippen LogP contribution in [0.1, 0.15) is 6.92 Å². The van der Waals surface area contributed by atoms with Crippen LogP contribution in [0.25, 0.3) is 0 Å². The SMILES string of the molecule is CC(COc1nc(Cl)nc(Cl)n1)(COc1nc(Cl)nc(Cl)n1)COc1nc(Cl)nc(Cl)n1. The summed E-state index contributed by atoms with van der Waals surface area (Å²) < 4.78 is 16.8. The summed E-state index contributed by atoms with van der Waals surface area (Å²) in [6.45, 7) is 1.58. The van der Waals surface area contributed by atoms with Gasteiger partial charge in [-0.25, -0.2) is 0 Å².